The van der Waals surface area contributed by atoms with Gasteiger partial charge in [-0.25, -0.2) is 0 Å². The van der Waals surface area contributed by atoms with E-state index in [0.717, 1.165) is 15.2 Å². The van der Waals surface area contributed by atoms with Crippen LogP contribution in [-0.2, 0) is 0 Å². The van der Waals surface area contributed by atoms with Gasteiger partial charge in [-0.05, 0) is 17.5 Å². The quantitative estimate of drug-likeness (QED) is 0.477. The third-order valence-electron chi connectivity index (χ3n) is 3.89. The summed E-state index contributed by atoms with van der Waals surface area (Å²) >= 11 is 3.50. The Labute approximate surface area is 129 Å². The first-order valence-corrected chi connectivity index (χ1v) is 7.37. The van der Waals surface area contributed by atoms with E-state index in [9.17, 15) is 9.59 Å². The number of carbonyl (C=O) groups excluding carboxylic acids is 2. The van der Waals surface area contributed by atoms with Crippen LogP contribution in [0.3, 0.4) is 0 Å². The van der Waals surface area contributed by atoms with Crippen molar-refractivity contribution in [1.82, 2.24) is 0 Å². The maximum atomic E-state index is 12.8. The first-order chi connectivity index (χ1) is 10.2. The van der Waals surface area contributed by atoms with Crippen LogP contribution in [0.5, 0.6) is 0 Å². The van der Waals surface area contributed by atoms with E-state index in [4.69, 9.17) is 0 Å². The molecule has 0 saturated heterocycles. The average Bonchev–Trinajstić information content (AvgIpc) is 2.61. The number of rotatable bonds is 0. The van der Waals surface area contributed by atoms with Crippen LogP contribution in [0.1, 0.15) is 31.8 Å². The number of hydrogen-bond donors (Lipinski definition) is 0. The van der Waals surface area contributed by atoms with Crippen LogP contribution in [0.15, 0.2) is 59.1 Å². The molecule has 0 N–H and O–H groups in total. The molecule has 0 bridgehead atoms. The molecule has 3 aromatic carbocycles. The van der Waals surface area contributed by atoms with Gasteiger partial charge in [0, 0.05) is 32.1 Å². The highest BCUT2D eigenvalue weighted by molar-refractivity contribution is 9.10. The summed E-state index contributed by atoms with van der Waals surface area (Å²) in [6.07, 6.45) is 0. The molecule has 0 amide bonds. The molecule has 0 heterocycles. The number of benzene rings is 3. The van der Waals surface area contributed by atoms with Crippen LogP contribution in [0, 0.1) is 0 Å². The van der Waals surface area contributed by atoms with Gasteiger partial charge in [0.25, 0.3) is 0 Å². The topological polar surface area (TPSA) is 34.1 Å². The maximum absolute atomic E-state index is 12.8. The third kappa shape index (κ3) is 1.64. The summed E-state index contributed by atoms with van der Waals surface area (Å²) in [6.45, 7) is 0. The van der Waals surface area contributed by atoms with Crippen molar-refractivity contribution in [3.63, 3.8) is 0 Å². The van der Waals surface area contributed by atoms with Crippen molar-refractivity contribution in [2.75, 3.05) is 0 Å². The number of fused-ring (bicyclic) bond motifs is 1. The second kappa shape index (κ2) is 4.37. The minimum Gasteiger partial charge on any atom is -0.289 e. The fraction of sp³-hybridized carbons (Fsp3) is 0. The molecule has 1 aliphatic rings. The molecule has 4 rings (SSSR count). The van der Waals surface area contributed by atoms with E-state index in [1.807, 2.05) is 18.2 Å². The molecule has 0 saturated carbocycles. The summed E-state index contributed by atoms with van der Waals surface area (Å²) in [5, 5.41) is 1.62. The largest absolute Gasteiger partial charge is 0.289 e. The molecule has 1 aliphatic carbocycles. The zero-order valence-electron chi connectivity index (χ0n) is 10.9. The lowest BCUT2D eigenvalue weighted by Gasteiger charge is -2.07. The van der Waals surface area contributed by atoms with Crippen molar-refractivity contribution in [1.29, 1.82) is 0 Å². The maximum Gasteiger partial charge on any atom is 0.194 e. The monoisotopic (exact) mass is 336 g/mol. The van der Waals surface area contributed by atoms with Gasteiger partial charge in [0.15, 0.2) is 11.6 Å². The van der Waals surface area contributed by atoms with E-state index in [1.165, 1.54) is 0 Å². The molecule has 2 nitrogen and oxygen atoms in total. The fourth-order valence-electron chi connectivity index (χ4n) is 2.92. The summed E-state index contributed by atoms with van der Waals surface area (Å²) in [5.41, 5.74) is 2.12. The zero-order valence-corrected chi connectivity index (χ0v) is 12.5. The lowest BCUT2D eigenvalue weighted by molar-refractivity contribution is 0.101. The average molecular weight is 337 g/mol. The van der Waals surface area contributed by atoms with Crippen molar-refractivity contribution < 1.29 is 9.59 Å². The molecule has 0 atom stereocenters. The van der Waals surface area contributed by atoms with Crippen molar-refractivity contribution in [2.45, 2.75) is 0 Å². The van der Waals surface area contributed by atoms with Gasteiger partial charge < -0.3 is 0 Å². The van der Waals surface area contributed by atoms with Crippen LogP contribution >= 0.6 is 15.9 Å². The summed E-state index contributed by atoms with van der Waals surface area (Å²) < 4.78 is 0.884. The Morgan fingerprint density at radius 2 is 1.19 bits per heavy atom. The normalized spacial score (nSPS) is 13.2. The number of ketones is 2. The molecule has 100 valence electrons. The molecule has 3 aromatic rings. The van der Waals surface area contributed by atoms with E-state index in [1.54, 1.807) is 36.4 Å². The van der Waals surface area contributed by atoms with Crippen LogP contribution in [-0.4, -0.2) is 11.6 Å². The Bertz CT molecular complexity index is 900. The highest BCUT2D eigenvalue weighted by Gasteiger charge is 2.27. The van der Waals surface area contributed by atoms with E-state index in [2.05, 4.69) is 15.9 Å². The van der Waals surface area contributed by atoms with Crippen LogP contribution in [0.2, 0.25) is 0 Å². The van der Waals surface area contributed by atoms with Crippen LogP contribution in [0.4, 0.5) is 0 Å². The predicted molar refractivity (Wildman–Crippen MR) is 85.0 cm³/mol. The lowest BCUT2D eigenvalue weighted by atomic mass is 9.97. The standard InChI is InChI=1S/C18H9BrO2/c19-15-9-8-14-16-12(15)6-3-7-13(16)17(20)10-4-1-2-5-11(10)18(14)21/h1-9H. The van der Waals surface area contributed by atoms with Gasteiger partial charge in [0.1, 0.15) is 0 Å². The lowest BCUT2D eigenvalue weighted by Crippen LogP contribution is -2.06. The van der Waals surface area contributed by atoms with Crippen molar-refractivity contribution in [3.05, 3.63) is 81.3 Å². The molecular formula is C18H9BrO2. The number of halogens is 1. The van der Waals surface area contributed by atoms with Crippen molar-refractivity contribution in [2.24, 2.45) is 0 Å². The smallest absolute Gasteiger partial charge is 0.194 e. The van der Waals surface area contributed by atoms with Gasteiger partial charge in [-0.2, -0.15) is 0 Å². The molecule has 0 aliphatic heterocycles. The fourth-order valence-corrected chi connectivity index (χ4v) is 3.38. The Morgan fingerprint density at radius 1 is 0.619 bits per heavy atom. The SMILES string of the molecule is O=C1c2ccccc2C(=O)c2ccc(Br)c3cccc1c23. The highest BCUT2D eigenvalue weighted by Crippen LogP contribution is 2.35. The van der Waals surface area contributed by atoms with Gasteiger partial charge in [0.05, 0.1) is 0 Å². The van der Waals surface area contributed by atoms with E-state index < -0.39 is 0 Å². The van der Waals surface area contributed by atoms with Crippen molar-refractivity contribution in [3.8, 4) is 0 Å². The Kier molecular flexibility index (Phi) is 2.59. The molecule has 0 unspecified atom stereocenters. The first kappa shape index (κ1) is 12.5. The molecule has 0 aromatic heterocycles. The van der Waals surface area contributed by atoms with Gasteiger partial charge in [-0.15, -0.1) is 0 Å². The summed E-state index contributed by atoms with van der Waals surface area (Å²) in [6, 6.07) is 16.2. The first-order valence-electron chi connectivity index (χ1n) is 6.58. The Hall–Kier alpha value is -2.26. The third-order valence-corrected chi connectivity index (χ3v) is 4.58. The Morgan fingerprint density at radius 3 is 1.86 bits per heavy atom. The summed E-state index contributed by atoms with van der Waals surface area (Å²) in [4.78, 5) is 25.6. The van der Waals surface area contributed by atoms with E-state index in [0.29, 0.717) is 22.3 Å². The van der Waals surface area contributed by atoms with Gasteiger partial charge in [-0.3, -0.25) is 9.59 Å². The van der Waals surface area contributed by atoms with Crippen LogP contribution in [0.25, 0.3) is 10.8 Å². The summed E-state index contributed by atoms with van der Waals surface area (Å²) in [5.74, 6) is -0.192. The molecule has 3 heteroatoms. The number of hydrogen-bond acceptors (Lipinski definition) is 2. The Balaban J connectivity index is 2.24. The molecular weight excluding hydrogens is 328 g/mol. The second-order valence-corrected chi connectivity index (χ2v) is 5.88. The van der Waals surface area contributed by atoms with E-state index in [-0.39, 0.29) is 11.6 Å². The molecule has 0 radical (unpaired) electrons. The zero-order chi connectivity index (χ0) is 14.6. The van der Waals surface area contributed by atoms with Gasteiger partial charge in [-0.1, -0.05) is 58.4 Å². The van der Waals surface area contributed by atoms with Crippen LogP contribution < -0.4 is 0 Å². The predicted octanol–water partition coefficient (Wildman–Crippen LogP) is 4.38. The summed E-state index contributed by atoms with van der Waals surface area (Å²) in [7, 11) is 0. The van der Waals surface area contributed by atoms with Gasteiger partial charge >= 0.3 is 0 Å². The highest BCUT2D eigenvalue weighted by atomic mass is 79.9. The van der Waals surface area contributed by atoms with E-state index >= 15 is 0 Å². The second-order valence-electron chi connectivity index (χ2n) is 5.03. The molecule has 0 fully saturated rings. The minimum absolute atomic E-state index is 0.0959. The van der Waals surface area contributed by atoms with Gasteiger partial charge in [0.2, 0.25) is 0 Å². The van der Waals surface area contributed by atoms with Crippen molar-refractivity contribution >= 4 is 38.3 Å². The molecule has 21 heavy (non-hydrogen) atoms. The number of carbonyl (C=O) groups is 2. The molecule has 0 spiro atoms. The minimum atomic E-state index is -0.0959.